The van der Waals surface area contributed by atoms with Crippen LogP contribution in [-0.4, -0.2) is 59.0 Å². The standard InChI is InChI=1S/C15H19N5O3/c1-19-14(21)7-13(12-3-4-16-10-17-12)18-15(19)20-5-6-23-9-11(20)8-22-2/h3-4,7,10-11H,5-6,8-9H2,1-2H3. The zero-order chi connectivity index (χ0) is 16.2. The molecular formula is C15H19N5O3. The van der Waals surface area contributed by atoms with Gasteiger partial charge in [0.1, 0.15) is 6.33 Å². The van der Waals surface area contributed by atoms with Crippen LogP contribution in [0.5, 0.6) is 0 Å². The van der Waals surface area contributed by atoms with Crippen LogP contribution in [0.4, 0.5) is 5.95 Å². The van der Waals surface area contributed by atoms with E-state index < -0.39 is 0 Å². The zero-order valence-corrected chi connectivity index (χ0v) is 13.2. The number of methoxy groups -OCH3 is 1. The second kappa shape index (κ2) is 6.84. The fraction of sp³-hybridized carbons (Fsp3) is 0.467. The van der Waals surface area contributed by atoms with Gasteiger partial charge < -0.3 is 14.4 Å². The van der Waals surface area contributed by atoms with E-state index in [4.69, 9.17) is 9.47 Å². The van der Waals surface area contributed by atoms with E-state index in [1.807, 2.05) is 0 Å². The molecule has 1 fully saturated rings. The van der Waals surface area contributed by atoms with Crippen LogP contribution < -0.4 is 10.5 Å². The smallest absolute Gasteiger partial charge is 0.255 e. The molecule has 0 saturated carbocycles. The Morgan fingerprint density at radius 2 is 2.30 bits per heavy atom. The first-order chi connectivity index (χ1) is 11.2. The Hall–Kier alpha value is -2.32. The topological polar surface area (TPSA) is 82.4 Å². The van der Waals surface area contributed by atoms with Crippen LogP contribution in [0, 0.1) is 0 Å². The Labute approximate surface area is 133 Å². The summed E-state index contributed by atoms with van der Waals surface area (Å²) >= 11 is 0. The van der Waals surface area contributed by atoms with Crippen molar-refractivity contribution in [1.82, 2.24) is 19.5 Å². The van der Waals surface area contributed by atoms with Gasteiger partial charge in [-0.15, -0.1) is 0 Å². The molecule has 3 heterocycles. The molecule has 0 bridgehead atoms. The third-order valence-electron chi connectivity index (χ3n) is 3.80. The molecule has 122 valence electrons. The first kappa shape index (κ1) is 15.6. The van der Waals surface area contributed by atoms with Gasteiger partial charge in [-0.25, -0.2) is 15.0 Å². The molecule has 0 N–H and O–H groups in total. The average molecular weight is 317 g/mol. The summed E-state index contributed by atoms with van der Waals surface area (Å²) in [5.74, 6) is 0.594. The van der Waals surface area contributed by atoms with E-state index in [9.17, 15) is 4.79 Å². The fourth-order valence-electron chi connectivity index (χ4n) is 2.61. The molecule has 2 aromatic rings. The predicted octanol–water partition coefficient (Wildman–Crippen LogP) is 0.0889. The SMILES string of the molecule is COCC1COCCN1c1nc(-c2ccncn2)cc(=O)n1C. The maximum Gasteiger partial charge on any atom is 0.255 e. The lowest BCUT2D eigenvalue weighted by Crippen LogP contribution is -2.50. The molecule has 0 amide bonds. The van der Waals surface area contributed by atoms with Crippen molar-refractivity contribution in [3.63, 3.8) is 0 Å². The third-order valence-corrected chi connectivity index (χ3v) is 3.80. The summed E-state index contributed by atoms with van der Waals surface area (Å²) in [7, 11) is 3.37. The van der Waals surface area contributed by atoms with Crippen molar-refractivity contribution in [3.05, 3.63) is 35.0 Å². The number of anilines is 1. The highest BCUT2D eigenvalue weighted by Gasteiger charge is 2.26. The van der Waals surface area contributed by atoms with Crippen molar-refractivity contribution >= 4 is 5.95 Å². The van der Waals surface area contributed by atoms with Gasteiger partial charge in [-0.3, -0.25) is 9.36 Å². The summed E-state index contributed by atoms with van der Waals surface area (Å²) in [6.45, 7) is 2.30. The fourth-order valence-corrected chi connectivity index (χ4v) is 2.61. The lowest BCUT2D eigenvalue weighted by atomic mass is 10.2. The molecule has 0 radical (unpaired) electrons. The summed E-state index contributed by atoms with van der Waals surface area (Å²) in [4.78, 5) is 27.1. The maximum absolute atomic E-state index is 12.3. The van der Waals surface area contributed by atoms with Crippen molar-refractivity contribution in [2.45, 2.75) is 6.04 Å². The van der Waals surface area contributed by atoms with Crippen LogP contribution in [0.15, 0.2) is 29.5 Å². The number of aromatic nitrogens is 4. The monoisotopic (exact) mass is 317 g/mol. The molecule has 1 saturated heterocycles. The van der Waals surface area contributed by atoms with Gasteiger partial charge in [0, 0.05) is 33.0 Å². The number of rotatable bonds is 4. The van der Waals surface area contributed by atoms with Crippen molar-refractivity contribution in [2.24, 2.45) is 7.05 Å². The van der Waals surface area contributed by atoms with E-state index in [0.29, 0.717) is 43.7 Å². The minimum absolute atomic E-state index is 0.0208. The lowest BCUT2D eigenvalue weighted by Gasteiger charge is -2.36. The second-order valence-electron chi connectivity index (χ2n) is 5.31. The first-order valence-corrected chi connectivity index (χ1v) is 7.38. The minimum Gasteiger partial charge on any atom is -0.382 e. The summed E-state index contributed by atoms with van der Waals surface area (Å²) in [5, 5.41) is 0. The zero-order valence-electron chi connectivity index (χ0n) is 13.2. The molecule has 0 spiro atoms. The molecule has 2 aromatic heterocycles. The quantitative estimate of drug-likeness (QED) is 0.790. The van der Waals surface area contributed by atoms with Crippen LogP contribution in [0.1, 0.15) is 0 Å². The van der Waals surface area contributed by atoms with Gasteiger partial charge in [-0.1, -0.05) is 0 Å². The molecule has 23 heavy (non-hydrogen) atoms. The minimum atomic E-state index is -0.133. The summed E-state index contributed by atoms with van der Waals surface area (Å²) < 4.78 is 12.3. The van der Waals surface area contributed by atoms with Gasteiger partial charge >= 0.3 is 0 Å². The number of ether oxygens (including phenoxy) is 2. The highest BCUT2D eigenvalue weighted by molar-refractivity contribution is 5.55. The Morgan fingerprint density at radius 3 is 3.04 bits per heavy atom. The summed E-state index contributed by atoms with van der Waals surface area (Å²) in [6, 6.07) is 3.24. The molecule has 3 rings (SSSR count). The van der Waals surface area contributed by atoms with Gasteiger partial charge in [-0.2, -0.15) is 0 Å². The molecule has 8 nitrogen and oxygen atoms in total. The largest absolute Gasteiger partial charge is 0.382 e. The molecule has 8 heteroatoms. The van der Waals surface area contributed by atoms with Gasteiger partial charge in [0.25, 0.3) is 5.56 Å². The first-order valence-electron chi connectivity index (χ1n) is 7.38. The Kier molecular flexibility index (Phi) is 4.63. The van der Waals surface area contributed by atoms with Gasteiger partial charge in [0.15, 0.2) is 0 Å². The van der Waals surface area contributed by atoms with E-state index in [1.54, 1.807) is 31.0 Å². The molecular weight excluding hydrogens is 298 g/mol. The van der Waals surface area contributed by atoms with Crippen LogP contribution in [0.2, 0.25) is 0 Å². The molecule has 0 aliphatic carbocycles. The highest BCUT2D eigenvalue weighted by atomic mass is 16.5. The van der Waals surface area contributed by atoms with Crippen molar-refractivity contribution in [2.75, 3.05) is 38.4 Å². The van der Waals surface area contributed by atoms with Crippen molar-refractivity contribution in [3.8, 4) is 11.4 Å². The molecule has 1 aliphatic rings. The highest BCUT2D eigenvalue weighted by Crippen LogP contribution is 2.19. The molecule has 1 unspecified atom stereocenters. The van der Waals surface area contributed by atoms with Crippen LogP contribution in [0.25, 0.3) is 11.4 Å². The van der Waals surface area contributed by atoms with Crippen LogP contribution in [0.3, 0.4) is 0 Å². The average Bonchev–Trinajstić information content (AvgIpc) is 2.59. The van der Waals surface area contributed by atoms with Crippen molar-refractivity contribution in [1.29, 1.82) is 0 Å². The van der Waals surface area contributed by atoms with Gasteiger partial charge in [0.2, 0.25) is 5.95 Å². The van der Waals surface area contributed by atoms with E-state index in [0.717, 1.165) is 0 Å². The second-order valence-corrected chi connectivity index (χ2v) is 5.31. The van der Waals surface area contributed by atoms with Gasteiger partial charge in [0.05, 0.1) is 37.3 Å². The van der Waals surface area contributed by atoms with E-state index >= 15 is 0 Å². The Balaban J connectivity index is 2.04. The van der Waals surface area contributed by atoms with E-state index in [2.05, 4.69) is 19.9 Å². The Morgan fingerprint density at radius 1 is 1.43 bits per heavy atom. The summed E-state index contributed by atoms with van der Waals surface area (Å²) in [6.07, 6.45) is 3.07. The number of hydrogen-bond acceptors (Lipinski definition) is 7. The van der Waals surface area contributed by atoms with Crippen LogP contribution >= 0.6 is 0 Å². The number of hydrogen-bond donors (Lipinski definition) is 0. The van der Waals surface area contributed by atoms with Gasteiger partial charge in [-0.05, 0) is 6.07 Å². The number of nitrogens with zero attached hydrogens (tertiary/aromatic N) is 5. The molecule has 1 aliphatic heterocycles. The maximum atomic E-state index is 12.3. The van der Waals surface area contributed by atoms with Crippen LogP contribution in [-0.2, 0) is 16.5 Å². The predicted molar refractivity (Wildman–Crippen MR) is 84.3 cm³/mol. The third kappa shape index (κ3) is 3.22. The Bertz CT molecular complexity index is 717. The van der Waals surface area contributed by atoms with E-state index in [-0.39, 0.29) is 11.6 Å². The lowest BCUT2D eigenvalue weighted by molar-refractivity contribution is 0.0590. The molecule has 0 aromatic carbocycles. The molecule has 1 atom stereocenters. The number of morpholine rings is 1. The summed E-state index contributed by atoms with van der Waals surface area (Å²) in [5.41, 5.74) is 1.02. The van der Waals surface area contributed by atoms with E-state index in [1.165, 1.54) is 12.4 Å². The normalized spacial score (nSPS) is 18.2. The van der Waals surface area contributed by atoms with Crippen molar-refractivity contribution < 1.29 is 9.47 Å².